The number of halogens is 1. The van der Waals surface area contributed by atoms with E-state index in [1.54, 1.807) is 17.8 Å². The third-order valence-electron chi connectivity index (χ3n) is 1.95. The zero-order valence-electron chi connectivity index (χ0n) is 8.53. The van der Waals surface area contributed by atoms with Gasteiger partial charge in [0.2, 0.25) is 0 Å². The van der Waals surface area contributed by atoms with Crippen molar-refractivity contribution in [1.29, 1.82) is 5.26 Å². The lowest BCUT2D eigenvalue weighted by molar-refractivity contribution is 0.626. The first kappa shape index (κ1) is 12.0. The summed E-state index contributed by atoms with van der Waals surface area (Å²) in [6, 6.07) is 6.34. The normalized spacial score (nSPS) is 12.1. The van der Waals surface area contributed by atoms with Crippen LogP contribution in [0.4, 0.5) is 4.39 Å². The van der Waals surface area contributed by atoms with Crippen LogP contribution in [-0.2, 0) is 5.75 Å². The molecule has 1 aromatic rings. The van der Waals surface area contributed by atoms with E-state index in [-0.39, 0.29) is 5.82 Å². The van der Waals surface area contributed by atoms with Crippen molar-refractivity contribution in [2.24, 2.45) is 5.73 Å². The van der Waals surface area contributed by atoms with Crippen molar-refractivity contribution in [2.45, 2.75) is 17.9 Å². The van der Waals surface area contributed by atoms with E-state index in [1.165, 1.54) is 12.1 Å². The van der Waals surface area contributed by atoms with Gasteiger partial charge >= 0.3 is 0 Å². The van der Waals surface area contributed by atoms with E-state index in [2.05, 4.69) is 0 Å². The Hall–Kier alpha value is -1.05. The molecule has 0 saturated heterocycles. The molecule has 2 nitrogen and oxygen atoms in total. The predicted octanol–water partition coefficient (Wildman–Crippen LogP) is 2.28. The summed E-state index contributed by atoms with van der Waals surface area (Å²) in [5.74, 6) is 0.329. The Labute approximate surface area is 93.3 Å². The van der Waals surface area contributed by atoms with E-state index in [4.69, 9.17) is 11.0 Å². The van der Waals surface area contributed by atoms with Crippen molar-refractivity contribution in [2.75, 3.05) is 6.54 Å². The molecule has 0 fully saturated rings. The smallest absolute Gasteiger partial charge is 0.124 e. The van der Waals surface area contributed by atoms with Gasteiger partial charge in [-0.15, -0.1) is 0 Å². The summed E-state index contributed by atoms with van der Waals surface area (Å²) >= 11 is 1.66. The molecule has 1 aromatic carbocycles. The number of benzene rings is 1. The molecule has 0 bridgehead atoms. The number of nitriles is 1. The molecule has 0 radical (unpaired) electrons. The fourth-order valence-corrected chi connectivity index (χ4v) is 1.88. The van der Waals surface area contributed by atoms with Crippen LogP contribution in [0.2, 0.25) is 0 Å². The highest BCUT2D eigenvalue weighted by atomic mass is 32.2. The van der Waals surface area contributed by atoms with Gasteiger partial charge in [0.05, 0.1) is 11.6 Å². The second-order valence-electron chi connectivity index (χ2n) is 3.32. The van der Waals surface area contributed by atoms with Gasteiger partial charge in [0, 0.05) is 17.5 Å². The maximum absolute atomic E-state index is 13.0. The first-order chi connectivity index (χ1) is 7.15. The maximum Gasteiger partial charge on any atom is 0.124 e. The van der Waals surface area contributed by atoms with Crippen LogP contribution in [-0.4, -0.2) is 11.8 Å². The monoisotopic (exact) mass is 224 g/mol. The quantitative estimate of drug-likeness (QED) is 0.853. The summed E-state index contributed by atoms with van der Waals surface area (Å²) in [5, 5.41) is 9.01. The highest BCUT2D eigenvalue weighted by Gasteiger charge is 2.03. The summed E-state index contributed by atoms with van der Waals surface area (Å²) in [4.78, 5) is 0. The largest absolute Gasteiger partial charge is 0.329 e. The van der Waals surface area contributed by atoms with Crippen molar-refractivity contribution >= 4 is 11.8 Å². The lowest BCUT2D eigenvalue weighted by Gasteiger charge is -2.08. The highest BCUT2D eigenvalue weighted by molar-refractivity contribution is 7.99. The Morgan fingerprint density at radius 2 is 2.27 bits per heavy atom. The zero-order valence-corrected chi connectivity index (χ0v) is 9.35. The van der Waals surface area contributed by atoms with Crippen LogP contribution in [0.3, 0.4) is 0 Å². The molecule has 0 aromatic heterocycles. The van der Waals surface area contributed by atoms with Crippen LogP contribution in [0.25, 0.3) is 0 Å². The van der Waals surface area contributed by atoms with Gasteiger partial charge in [-0.25, -0.2) is 4.39 Å². The molecule has 0 saturated carbocycles. The van der Waals surface area contributed by atoms with E-state index in [1.807, 2.05) is 13.0 Å². The number of rotatable bonds is 4. The lowest BCUT2D eigenvalue weighted by atomic mass is 10.1. The summed E-state index contributed by atoms with van der Waals surface area (Å²) in [6.45, 7) is 2.63. The molecule has 1 rings (SSSR count). The van der Waals surface area contributed by atoms with Crippen molar-refractivity contribution in [3.63, 3.8) is 0 Å². The van der Waals surface area contributed by atoms with Crippen LogP contribution < -0.4 is 5.73 Å². The molecule has 0 aliphatic carbocycles. The van der Waals surface area contributed by atoms with Crippen molar-refractivity contribution in [3.05, 3.63) is 35.1 Å². The first-order valence-corrected chi connectivity index (χ1v) is 5.72. The summed E-state index contributed by atoms with van der Waals surface area (Å²) < 4.78 is 13.0. The average molecular weight is 224 g/mol. The first-order valence-electron chi connectivity index (χ1n) is 4.67. The van der Waals surface area contributed by atoms with E-state index in [9.17, 15) is 4.39 Å². The molecular weight excluding hydrogens is 211 g/mol. The van der Waals surface area contributed by atoms with Crippen LogP contribution in [0, 0.1) is 17.1 Å². The number of nitrogens with two attached hydrogens (primary N) is 1. The Kier molecular flexibility index (Phi) is 4.60. The highest BCUT2D eigenvalue weighted by Crippen LogP contribution is 2.18. The predicted molar refractivity (Wildman–Crippen MR) is 60.9 cm³/mol. The average Bonchev–Trinajstić information content (AvgIpc) is 2.25. The van der Waals surface area contributed by atoms with E-state index in [0.29, 0.717) is 23.1 Å². The fraction of sp³-hybridized carbons (Fsp3) is 0.364. The molecule has 0 spiro atoms. The van der Waals surface area contributed by atoms with Crippen LogP contribution in [0.5, 0.6) is 0 Å². The van der Waals surface area contributed by atoms with Crippen molar-refractivity contribution in [1.82, 2.24) is 0 Å². The number of hydrogen-bond donors (Lipinski definition) is 1. The Morgan fingerprint density at radius 3 is 2.87 bits per heavy atom. The Balaban J connectivity index is 2.69. The van der Waals surface area contributed by atoms with E-state index >= 15 is 0 Å². The molecule has 0 amide bonds. The number of hydrogen-bond acceptors (Lipinski definition) is 3. The molecule has 4 heteroatoms. The molecule has 80 valence electrons. The Bertz CT molecular complexity index is 373. The molecule has 0 heterocycles. The minimum Gasteiger partial charge on any atom is -0.329 e. The van der Waals surface area contributed by atoms with Crippen LogP contribution in [0.1, 0.15) is 18.1 Å². The Morgan fingerprint density at radius 1 is 1.53 bits per heavy atom. The van der Waals surface area contributed by atoms with Crippen LogP contribution >= 0.6 is 11.8 Å². The standard InChI is InChI=1S/C11H13FN2S/c1-8(5-13)15-7-10-2-9(6-14)3-11(12)4-10/h2-4,8H,5,7,13H2,1H3. The number of nitrogens with zero attached hydrogens (tertiary/aromatic N) is 1. The molecule has 1 unspecified atom stereocenters. The lowest BCUT2D eigenvalue weighted by Crippen LogP contribution is -2.12. The van der Waals surface area contributed by atoms with Gasteiger partial charge in [-0.3, -0.25) is 0 Å². The van der Waals surface area contributed by atoms with Crippen LogP contribution in [0.15, 0.2) is 18.2 Å². The molecular formula is C11H13FN2S. The van der Waals surface area contributed by atoms with Gasteiger partial charge < -0.3 is 5.73 Å². The van der Waals surface area contributed by atoms with Gasteiger partial charge in [-0.05, 0) is 23.8 Å². The summed E-state index contributed by atoms with van der Waals surface area (Å²) in [7, 11) is 0. The third-order valence-corrected chi connectivity index (χ3v) is 3.21. The number of thioether (sulfide) groups is 1. The third kappa shape index (κ3) is 3.90. The minimum absolute atomic E-state index is 0.346. The van der Waals surface area contributed by atoms with E-state index in [0.717, 1.165) is 5.56 Å². The fourth-order valence-electron chi connectivity index (χ4n) is 1.10. The SMILES string of the molecule is CC(CN)SCc1cc(F)cc(C#N)c1. The molecule has 0 aliphatic heterocycles. The van der Waals surface area contributed by atoms with Crippen molar-refractivity contribution in [3.8, 4) is 6.07 Å². The van der Waals surface area contributed by atoms with Gasteiger partial charge in [-0.1, -0.05) is 6.92 Å². The molecule has 15 heavy (non-hydrogen) atoms. The second-order valence-corrected chi connectivity index (χ2v) is 4.74. The van der Waals surface area contributed by atoms with Gasteiger partial charge in [0.25, 0.3) is 0 Å². The molecule has 1 atom stereocenters. The minimum atomic E-state index is -0.356. The second kappa shape index (κ2) is 5.74. The maximum atomic E-state index is 13.0. The van der Waals surface area contributed by atoms with Gasteiger partial charge in [0.1, 0.15) is 5.82 Å². The zero-order chi connectivity index (χ0) is 11.3. The van der Waals surface area contributed by atoms with Gasteiger partial charge in [-0.2, -0.15) is 17.0 Å². The summed E-state index contributed by atoms with van der Waals surface area (Å²) in [6.07, 6.45) is 0. The molecule has 2 N–H and O–H groups in total. The van der Waals surface area contributed by atoms with Gasteiger partial charge in [0.15, 0.2) is 0 Å². The van der Waals surface area contributed by atoms with Crippen molar-refractivity contribution < 1.29 is 4.39 Å². The van der Waals surface area contributed by atoms with E-state index < -0.39 is 0 Å². The topological polar surface area (TPSA) is 49.8 Å². The molecule has 0 aliphatic rings. The summed E-state index contributed by atoms with van der Waals surface area (Å²) in [5.41, 5.74) is 6.67.